The van der Waals surface area contributed by atoms with Crippen molar-refractivity contribution in [2.24, 2.45) is 5.92 Å². The van der Waals surface area contributed by atoms with E-state index in [2.05, 4.69) is 10.6 Å². The standard InChI is InChI=1S/C18H31N3O3/c1-13-16(19-9-12-24-13)18(23)21-10-7-15(8-11-21)20-17(22)14-5-3-2-4-6-14/h13-16,19H,2-12H2,1H3,(H,20,22)/t13-,16+/m1/s1. The van der Waals surface area contributed by atoms with E-state index in [0.29, 0.717) is 6.61 Å². The van der Waals surface area contributed by atoms with Gasteiger partial charge in [-0.2, -0.15) is 0 Å². The summed E-state index contributed by atoms with van der Waals surface area (Å²) in [5.41, 5.74) is 0. The van der Waals surface area contributed by atoms with E-state index in [9.17, 15) is 9.59 Å². The Labute approximate surface area is 144 Å². The van der Waals surface area contributed by atoms with Gasteiger partial charge >= 0.3 is 0 Å². The topological polar surface area (TPSA) is 70.7 Å². The fourth-order valence-electron chi connectivity index (χ4n) is 4.13. The molecule has 3 fully saturated rings. The minimum absolute atomic E-state index is 0.0741. The van der Waals surface area contributed by atoms with Gasteiger partial charge in [0.25, 0.3) is 0 Å². The van der Waals surface area contributed by atoms with E-state index in [0.717, 1.165) is 45.3 Å². The molecular formula is C18H31N3O3. The largest absolute Gasteiger partial charge is 0.375 e. The Bertz CT molecular complexity index is 443. The molecule has 6 heteroatoms. The fraction of sp³-hybridized carbons (Fsp3) is 0.889. The summed E-state index contributed by atoms with van der Waals surface area (Å²) in [6.07, 6.45) is 7.33. The number of carbonyl (C=O) groups excluding carboxylic acids is 2. The molecule has 24 heavy (non-hydrogen) atoms. The van der Waals surface area contributed by atoms with E-state index in [-0.39, 0.29) is 35.9 Å². The molecular weight excluding hydrogens is 306 g/mol. The Balaban J connectivity index is 1.43. The Kier molecular flexibility index (Phi) is 6.11. The summed E-state index contributed by atoms with van der Waals surface area (Å²) in [6, 6.07) is -0.0106. The molecule has 0 spiro atoms. The second kappa shape index (κ2) is 8.30. The molecule has 0 unspecified atom stereocenters. The minimum atomic E-state index is -0.230. The third-order valence-electron chi connectivity index (χ3n) is 5.71. The predicted molar refractivity (Wildman–Crippen MR) is 91.5 cm³/mol. The highest BCUT2D eigenvalue weighted by atomic mass is 16.5. The molecule has 0 aromatic heterocycles. The summed E-state index contributed by atoms with van der Waals surface area (Å²) < 4.78 is 5.58. The Morgan fingerprint density at radius 2 is 1.79 bits per heavy atom. The second-order valence-corrected chi connectivity index (χ2v) is 7.45. The van der Waals surface area contributed by atoms with Crippen molar-refractivity contribution < 1.29 is 14.3 Å². The van der Waals surface area contributed by atoms with Gasteiger partial charge in [-0.15, -0.1) is 0 Å². The van der Waals surface area contributed by atoms with Gasteiger partial charge in [-0.05, 0) is 32.6 Å². The summed E-state index contributed by atoms with van der Waals surface area (Å²) >= 11 is 0. The fourth-order valence-corrected chi connectivity index (χ4v) is 4.13. The van der Waals surface area contributed by atoms with Crippen LogP contribution in [0.3, 0.4) is 0 Å². The number of nitrogens with one attached hydrogen (secondary N) is 2. The van der Waals surface area contributed by atoms with Crippen LogP contribution >= 0.6 is 0 Å². The van der Waals surface area contributed by atoms with Gasteiger partial charge in [0.2, 0.25) is 11.8 Å². The third-order valence-corrected chi connectivity index (χ3v) is 5.71. The zero-order valence-corrected chi connectivity index (χ0v) is 14.8. The van der Waals surface area contributed by atoms with Gasteiger partial charge in [0.15, 0.2) is 0 Å². The lowest BCUT2D eigenvalue weighted by atomic mass is 9.88. The highest BCUT2D eigenvalue weighted by Crippen LogP contribution is 2.24. The lowest BCUT2D eigenvalue weighted by Crippen LogP contribution is -2.58. The van der Waals surface area contributed by atoms with Crippen molar-refractivity contribution in [2.75, 3.05) is 26.2 Å². The quantitative estimate of drug-likeness (QED) is 0.808. The van der Waals surface area contributed by atoms with Crippen LogP contribution in [0.4, 0.5) is 0 Å². The molecule has 2 amide bonds. The van der Waals surface area contributed by atoms with Crippen molar-refractivity contribution in [3.63, 3.8) is 0 Å². The molecule has 0 aromatic rings. The maximum Gasteiger partial charge on any atom is 0.242 e. The first kappa shape index (κ1) is 17.7. The SMILES string of the molecule is C[C@H]1OCCN[C@@H]1C(=O)N1CCC(NC(=O)C2CCCCC2)CC1. The van der Waals surface area contributed by atoms with E-state index >= 15 is 0 Å². The van der Waals surface area contributed by atoms with Crippen molar-refractivity contribution in [1.29, 1.82) is 0 Å². The lowest BCUT2D eigenvalue weighted by molar-refractivity contribution is -0.140. The zero-order valence-electron chi connectivity index (χ0n) is 14.8. The average molecular weight is 337 g/mol. The number of rotatable bonds is 3. The van der Waals surface area contributed by atoms with Gasteiger partial charge in [-0.25, -0.2) is 0 Å². The molecule has 6 nitrogen and oxygen atoms in total. The van der Waals surface area contributed by atoms with Crippen molar-refractivity contribution >= 4 is 11.8 Å². The molecule has 3 rings (SSSR count). The smallest absolute Gasteiger partial charge is 0.242 e. The summed E-state index contributed by atoms with van der Waals surface area (Å²) in [5.74, 6) is 0.581. The van der Waals surface area contributed by atoms with E-state index in [1.54, 1.807) is 0 Å². The summed E-state index contributed by atoms with van der Waals surface area (Å²) in [7, 11) is 0. The van der Waals surface area contributed by atoms with Crippen LogP contribution in [0.1, 0.15) is 51.9 Å². The van der Waals surface area contributed by atoms with Crippen LogP contribution in [0.5, 0.6) is 0 Å². The molecule has 136 valence electrons. The van der Waals surface area contributed by atoms with Gasteiger partial charge in [0.05, 0.1) is 12.7 Å². The predicted octanol–water partition coefficient (Wildman–Crippen LogP) is 1.05. The summed E-state index contributed by atoms with van der Waals surface area (Å²) in [6.45, 7) is 4.79. The number of nitrogens with zero attached hydrogens (tertiary/aromatic N) is 1. The molecule has 2 atom stereocenters. The van der Waals surface area contributed by atoms with Crippen molar-refractivity contribution in [3.8, 4) is 0 Å². The molecule has 1 saturated carbocycles. The number of hydrogen-bond acceptors (Lipinski definition) is 4. The van der Waals surface area contributed by atoms with Crippen molar-refractivity contribution in [1.82, 2.24) is 15.5 Å². The van der Waals surface area contributed by atoms with E-state index < -0.39 is 0 Å². The van der Waals surface area contributed by atoms with Crippen LogP contribution in [0.25, 0.3) is 0 Å². The van der Waals surface area contributed by atoms with E-state index in [1.807, 2.05) is 11.8 Å². The van der Waals surface area contributed by atoms with Gasteiger partial charge in [0.1, 0.15) is 6.04 Å². The van der Waals surface area contributed by atoms with Crippen molar-refractivity contribution in [3.05, 3.63) is 0 Å². The number of piperidine rings is 1. The minimum Gasteiger partial charge on any atom is -0.375 e. The average Bonchev–Trinajstić information content (AvgIpc) is 2.63. The monoisotopic (exact) mass is 337 g/mol. The molecule has 2 aliphatic heterocycles. The summed E-state index contributed by atoms with van der Waals surface area (Å²) in [4.78, 5) is 26.9. The molecule has 0 radical (unpaired) electrons. The molecule has 0 bridgehead atoms. The second-order valence-electron chi connectivity index (χ2n) is 7.45. The van der Waals surface area contributed by atoms with Crippen LogP contribution in [0.2, 0.25) is 0 Å². The number of ether oxygens (including phenoxy) is 1. The number of likely N-dealkylation sites (tertiary alicyclic amines) is 1. The van der Waals surface area contributed by atoms with Gasteiger partial charge in [-0.1, -0.05) is 19.3 Å². The molecule has 3 aliphatic rings. The molecule has 2 saturated heterocycles. The van der Waals surface area contributed by atoms with Crippen LogP contribution in [-0.2, 0) is 14.3 Å². The zero-order chi connectivity index (χ0) is 16.9. The van der Waals surface area contributed by atoms with Crippen molar-refractivity contribution in [2.45, 2.75) is 70.1 Å². The van der Waals surface area contributed by atoms with Crippen LogP contribution in [0.15, 0.2) is 0 Å². The Morgan fingerprint density at radius 3 is 2.46 bits per heavy atom. The number of hydrogen-bond donors (Lipinski definition) is 2. The first-order chi connectivity index (χ1) is 11.6. The number of carbonyl (C=O) groups is 2. The van der Waals surface area contributed by atoms with Gasteiger partial charge in [-0.3, -0.25) is 9.59 Å². The normalized spacial score (nSPS) is 30.1. The molecule has 2 N–H and O–H groups in total. The van der Waals surface area contributed by atoms with E-state index in [1.165, 1.54) is 19.3 Å². The molecule has 2 heterocycles. The first-order valence-corrected chi connectivity index (χ1v) is 9.59. The number of amides is 2. The Hall–Kier alpha value is -1.14. The van der Waals surface area contributed by atoms with Gasteiger partial charge < -0.3 is 20.3 Å². The maximum absolute atomic E-state index is 12.6. The van der Waals surface area contributed by atoms with E-state index in [4.69, 9.17) is 4.74 Å². The number of morpholine rings is 1. The first-order valence-electron chi connectivity index (χ1n) is 9.59. The molecule has 0 aromatic carbocycles. The molecule has 1 aliphatic carbocycles. The van der Waals surface area contributed by atoms with Crippen LogP contribution < -0.4 is 10.6 Å². The highest BCUT2D eigenvalue weighted by Gasteiger charge is 2.34. The summed E-state index contributed by atoms with van der Waals surface area (Å²) in [5, 5.41) is 6.49. The van der Waals surface area contributed by atoms with Crippen LogP contribution in [0, 0.1) is 5.92 Å². The Morgan fingerprint density at radius 1 is 1.08 bits per heavy atom. The lowest BCUT2D eigenvalue weighted by Gasteiger charge is -2.38. The highest BCUT2D eigenvalue weighted by molar-refractivity contribution is 5.83. The van der Waals surface area contributed by atoms with Crippen LogP contribution in [-0.4, -0.2) is 61.1 Å². The third kappa shape index (κ3) is 4.28. The maximum atomic E-state index is 12.6. The van der Waals surface area contributed by atoms with Gasteiger partial charge in [0, 0.05) is 31.6 Å².